The molecule has 0 spiro atoms. The maximum atomic E-state index is 11.9. The predicted octanol–water partition coefficient (Wildman–Crippen LogP) is 4.02. The minimum Gasteiger partial charge on any atom is -0.444 e. The van der Waals surface area contributed by atoms with Crippen molar-refractivity contribution in [2.24, 2.45) is 5.92 Å². The highest BCUT2D eigenvalue weighted by Gasteiger charge is 2.23. The molecule has 0 bridgehead atoms. The molecule has 0 radical (unpaired) electrons. The molecule has 1 amide bonds. The second kappa shape index (κ2) is 8.36. The van der Waals surface area contributed by atoms with Crippen molar-refractivity contribution >= 4 is 33.4 Å². The summed E-state index contributed by atoms with van der Waals surface area (Å²) in [5.41, 5.74) is 2.69. The number of rotatable bonds is 5. The molecule has 2 N–H and O–H groups in total. The first-order chi connectivity index (χ1) is 12.2. The molecule has 0 aromatic heterocycles. The highest BCUT2D eigenvalue weighted by Crippen LogP contribution is 2.32. The maximum absolute atomic E-state index is 11.9. The second-order valence-corrected chi connectivity index (χ2v) is 6.99. The zero-order valence-corrected chi connectivity index (χ0v) is 15.4. The standard InChI is InChI=1S/C19H21BrN2O3/c20-17-10-16(6-7-18(17)22-9-8-15(11-22)12-23)21-19(24)25-13-14-4-2-1-3-5-14/h1-7,10,15,23H,8-9,11-13H2,(H,21,24). The fraction of sp³-hybridized carbons (Fsp3) is 0.316. The molecule has 1 atom stereocenters. The van der Waals surface area contributed by atoms with Gasteiger partial charge >= 0.3 is 6.09 Å². The largest absolute Gasteiger partial charge is 0.444 e. The van der Waals surface area contributed by atoms with Gasteiger partial charge in [-0.25, -0.2) is 4.79 Å². The van der Waals surface area contributed by atoms with Gasteiger partial charge in [-0.1, -0.05) is 30.3 Å². The van der Waals surface area contributed by atoms with E-state index in [-0.39, 0.29) is 13.2 Å². The summed E-state index contributed by atoms with van der Waals surface area (Å²) in [6.45, 7) is 2.24. The molecule has 1 aliphatic rings. The van der Waals surface area contributed by atoms with E-state index < -0.39 is 6.09 Å². The van der Waals surface area contributed by atoms with Gasteiger partial charge in [-0.3, -0.25) is 5.32 Å². The van der Waals surface area contributed by atoms with Crippen LogP contribution in [0.5, 0.6) is 0 Å². The molecule has 6 heteroatoms. The summed E-state index contributed by atoms with van der Waals surface area (Å²) in [5.74, 6) is 0.331. The fourth-order valence-electron chi connectivity index (χ4n) is 2.92. The Morgan fingerprint density at radius 3 is 2.76 bits per heavy atom. The van der Waals surface area contributed by atoms with Crippen molar-refractivity contribution in [2.45, 2.75) is 13.0 Å². The van der Waals surface area contributed by atoms with Crippen molar-refractivity contribution < 1.29 is 14.6 Å². The van der Waals surface area contributed by atoms with Crippen LogP contribution in [-0.4, -0.2) is 30.9 Å². The lowest BCUT2D eigenvalue weighted by molar-refractivity contribution is 0.155. The number of carbonyl (C=O) groups is 1. The average molecular weight is 405 g/mol. The summed E-state index contributed by atoms with van der Waals surface area (Å²) in [6, 6.07) is 15.3. The number of amides is 1. The van der Waals surface area contributed by atoms with Gasteiger partial charge in [0.2, 0.25) is 0 Å². The van der Waals surface area contributed by atoms with Crippen LogP contribution in [0.25, 0.3) is 0 Å². The molecule has 1 unspecified atom stereocenters. The van der Waals surface area contributed by atoms with E-state index in [9.17, 15) is 9.90 Å². The quantitative estimate of drug-likeness (QED) is 0.789. The average Bonchev–Trinajstić information content (AvgIpc) is 3.10. The van der Waals surface area contributed by atoms with Crippen molar-refractivity contribution in [1.29, 1.82) is 0 Å². The number of halogens is 1. The van der Waals surface area contributed by atoms with Crippen LogP contribution in [0.2, 0.25) is 0 Å². The van der Waals surface area contributed by atoms with Gasteiger partial charge in [0.15, 0.2) is 0 Å². The maximum Gasteiger partial charge on any atom is 0.411 e. The SMILES string of the molecule is O=C(Nc1ccc(N2CCC(CO)C2)c(Br)c1)OCc1ccccc1. The lowest BCUT2D eigenvalue weighted by atomic mass is 10.1. The summed E-state index contributed by atoms with van der Waals surface area (Å²) in [4.78, 5) is 14.2. The molecular formula is C19H21BrN2O3. The minimum atomic E-state index is -0.481. The van der Waals surface area contributed by atoms with E-state index >= 15 is 0 Å². The summed E-state index contributed by atoms with van der Waals surface area (Å²) < 4.78 is 6.14. The summed E-state index contributed by atoms with van der Waals surface area (Å²) >= 11 is 3.57. The number of benzene rings is 2. The van der Waals surface area contributed by atoms with E-state index in [4.69, 9.17) is 4.74 Å². The van der Waals surface area contributed by atoms with Crippen molar-refractivity contribution in [2.75, 3.05) is 29.9 Å². The lowest BCUT2D eigenvalue weighted by Gasteiger charge is -2.20. The van der Waals surface area contributed by atoms with E-state index in [1.165, 1.54) is 0 Å². The van der Waals surface area contributed by atoms with Crippen LogP contribution in [-0.2, 0) is 11.3 Å². The van der Waals surface area contributed by atoms with Gasteiger partial charge in [-0.15, -0.1) is 0 Å². The Kier molecular flexibility index (Phi) is 5.94. The van der Waals surface area contributed by atoms with E-state index in [2.05, 4.69) is 26.1 Å². The highest BCUT2D eigenvalue weighted by molar-refractivity contribution is 9.10. The molecule has 1 saturated heterocycles. The summed E-state index contributed by atoms with van der Waals surface area (Å²) in [5, 5.41) is 12.0. The summed E-state index contributed by atoms with van der Waals surface area (Å²) in [7, 11) is 0. The Balaban J connectivity index is 1.56. The number of hydrogen-bond donors (Lipinski definition) is 2. The van der Waals surface area contributed by atoms with Crippen LogP contribution in [0.1, 0.15) is 12.0 Å². The van der Waals surface area contributed by atoms with Crippen LogP contribution in [0.15, 0.2) is 53.0 Å². The van der Waals surface area contributed by atoms with Crippen LogP contribution >= 0.6 is 15.9 Å². The first-order valence-corrected chi connectivity index (χ1v) is 9.08. The Morgan fingerprint density at radius 1 is 1.28 bits per heavy atom. The molecule has 2 aromatic carbocycles. The van der Waals surface area contributed by atoms with Crippen molar-refractivity contribution in [1.82, 2.24) is 0 Å². The number of aliphatic hydroxyl groups is 1. The van der Waals surface area contributed by atoms with Crippen LogP contribution in [0.3, 0.4) is 0 Å². The van der Waals surface area contributed by atoms with Crippen LogP contribution in [0.4, 0.5) is 16.2 Å². The monoisotopic (exact) mass is 404 g/mol. The zero-order valence-electron chi connectivity index (χ0n) is 13.8. The van der Waals surface area contributed by atoms with Gasteiger partial charge in [0, 0.05) is 35.8 Å². The molecule has 0 saturated carbocycles. The van der Waals surface area contributed by atoms with E-state index in [1.807, 2.05) is 48.5 Å². The molecule has 132 valence electrons. The van der Waals surface area contributed by atoms with E-state index in [0.717, 1.165) is 35.2 Å². The Morgan fingerprint density at radius 2 is 2.08 bits per heavy atom. The number of ether oxygens (including phenoxy) is 1. The Bertz CT molecular complexity index is 724. The number of carbonyl (C=O) groups excluding carboxylic acids is 1. The van der Waals surface area contributed by atoms with Gasteiger partial charge in [0.25, 0.3) is 0 Å². The van der Waals surface area contributed by atoms with Gasteiger partial charge in [-0.2, -0.15) is 0 Å². The third-order valence-corrected chi connectivity index (χ3v) is 4.93. The topological polar surface area (TPSA) is 61.8 Å². The first-order valence-electron chi connectivity index (χ1n) is 8.29. The van der Waals surface area contributed by atoms with Gasteiger partial charge in [0.1, 0.15) is 6.61 Å². The number of nitrogens with one attached hydrogen (secondary N) is 1. The molecule has 1 fully saturated rings. The Hall–Kier alpha value is -2.05. The van der Waals surface area contributed by atoms with E-state index in [1.54, 1.807) is 0 Å². The van der Waals surface area contributed by atoms with Gasteiger partial charge in [0.05, 0.1) is 5.69 Å². The van der Waals surface area contributed by atoms with Crippen molar-refractivity contribution in [3.05, 3.63) is 58.6 Å². The van der Waals surface area contributed by atoms with Gasteiger partial charge in [-0.05, 0) is 46.1 Å². The lowest BCUT2D eigenvalue weighted by Crippen LogP contribution is -2.21. The number of nitrogens with zero attached hydrogens (tertiary/aromatic N) is 1. The first kappa shape index (κ1) is 17.8. The highest BCUT2D eigenvalue weighted by atomic mass is 79.9. The third-order valence-electron chi connectivity index (χ3n) is 4.29. The smallest absolute Gasteiger partial charge is 0.411 e. The van der Waals surface area contributed by atoms with Gasteiger partial charge < -0.3 is 14.7 Å². The molecule has 0 aliphatic carbocycles. The number of hydrogen-bond acceptors (Lipinski definition) is 4. The van der Waals surface area contributed by atoms with Crippen LogP contribution in [0, 0.1) is 5.92 Å². The molecular weight excluding hydrogens is 384 g/mol. The van der Waals surface area contributed by atoms with Crippen LogP contribution < -0.4 is 10.2 Å². The fourth-order valence-corrected chi connectivity index (χ4v) is 3.55. The molecule has 1 aliphatic heterocycles. The molecule has 1 heterocycles. The molecule has 3 rings (SSSR count). The number of aliphatic hydroxyl groups excluding tert-OH is 1. The molecule has 25 heavy (non-hydrogen) atoms. The van der Waals surface area contributed by atoms with Crippen molar-refractivity contribution in [3.8, 4) is 0 Å². The third kappa shape index (κ3) is 4.74. The summed E-state index contributed by atoms with van der Waals surface area (Å²) in [6.07, 6.45) is 0.513. The Labute approximate surface area is 155 Å². The number of anilines is 2. The zero-order chi connectivity index (χ0) is 17.6. The normalized spacial score (nSPS) is 16.7. The van der Waals surface area contributed by atoms with E-state index in [0.29, 0.717) is 11.6 Å². The van der Waals surface area contributed by atoms with Crippen molar-refractivity contribution in [3.63, 3.8) is 0 Å². The minimum absolute atomic E-state index is 0.223. The predicted molar refractivity (Wildman–Crippen MR) is 102 cm³/mol. The molecule has 2 aromatic rings. The second-order valence-electron chi connectivity index (χ2n) is 6.14. The molecule has 5 nitrogen and oxygen atoms in total.